The Labute approximate surface area is 175 Å². The van der Waals surface area contributed by atoms with Gasteiger partial charge in [-0.05, 0) is 12.0 Å². The van der Waals surface area contributed by atoms with Crippen LogP contribution in [0.2, 0.25) is 0 Å². The van der Waals surface area contributed by atoms with Gasteiger partial charge < -0.3 is 23.7 Å². The van der Waals surface area contributed by atoms with E-state index >= 15 is 0 Å². The van der Waals surface area contributed by atoms with Crippen LogP contribution in [0.4, 0.5) is 0 Å². The van der Waals surface area contributed by atoms with Crippen molar-refractivity contribution < 1.29 is 28.5 Å². The molecule has 29 heavy (non-hydrogen) atoms. The lowest BCUT2D eigenvalue weighted by Gasteiger charge is -2.08. The van der Waals surface area contributed by atoms with Crippen LogP contribution in [0.15, 0.2) is 30.3 Å². The third kappa shape index (κ3) is 17.1. The largest absolute Gasteiger partial charge is 0.463 e. The number of carbonyl (C=O) groups is 1. The predicted molar refractivity (Wildman–Crippen MR) is 113 cm³/mol. The molecule has 0 amide bonds. The molecule has 0 spiro atoms. The molecule has 0 aliphatic heterocycles. The summed E-state index contributed by atoms with van der Waals surface area (Å²) in [7, 11) is 0. The molecule has 1 aromatic carbocycles. The van der Waals surface area contributed by atoms with Crippen molar-refractivity contribution in [2.45, 2.75) is 52.1 Å². The molecule has 0 aromatic heterocycles. The van der Waals surface area contributed by atoms with Gasteiger partial charge in [0.2, 0.25) is 0 Å². The fourth-order valence-electron chi connectivity index (χ4n) is 2.58. The number of hydrogen-bond donors (Lipinski definition) is 0. The standard InChI is InChI=1S/C23H38O6/c1-2-3-4-5-9-12-23(24)29-20-19-27-16-15-25-13-14-26-17-18-28-21-22-10-7-6-8-11-22/h6-8,10-11H,2-5,9,12-21H2,1H3. The highest BCUT2D eigenvalue weighted by Gasteiger charge is 2.02. The topological polar surface area (TPSA) is 63.2 Å². The summed E-state index contributed by atoms with van der Waals surface area (Å²) < 4.78 is 26.9. The average molecular weight is 411 g/mol. The Kier molecular flexibility index (Phi) is 17.5. The molecule has 0 aliphatic rings. The normalized spacial score (nSPS) is 10.9. The van der Waals surface area contributed by atoms with Crippen LogP contribution in [0.3, 0.4) is 0 Å². The Bertz CT molecular complexity index is 480. The van der Waals surface area contributed by atoms with Crippen LogP contribution in [0, 0.1) is 0 Å². The summed E-state index contributed by atoms with van der Waals surface area (Å²) in [6.07, 6.45) is 6.16. The zero-order chi connectivity index (χ0) is 20.8. The van der Waals surface area contributed by atoms with E-state index in [4.69, 9.17) is 23.7 Å². The second kappa shape index (κ2) is 19.8. The highest BCUT2D eigenvalue weighted by atomic mass is 16.6. The minimum Gasteiger partial charge on any atom is -0.463 e. The van der Waals surface area contributed by atoms with Gasteiger partial charge in [0.25, 0.3) is 0 Å². The molecule has 0 bridgehead atoms. The number of rotatable bonds is 20. The number of benzene rings is 1. The lowest BCUT2D eigenvalue weighted by Crippen LogP contribution is -2.14. The monoisotopic (exact) mass is 410 g/mol. The predicted octanol–water partition coefficient (Wildman–Crippen LogP) is 4.16. The van der Waals surface area contributed by atoms with Crippen molar-refractivity contribution in [1.82, 2.24) is 0 Å². The molecule has 6 nitrogen and oxygen atoms in total. The summed E-state index contributed by atoms with van der Waals surface area (Å²) >= 11 is 0. The second-order valence-corrected chi connectivity index (χ2v) is 6.76. The molecule has 0 saturated carbocycles. The summed E-state index contributed by atoms with van der Waals surface area (Å²) in [5, 5.41) is 0. The van der Waals surface area contributed by atoms with Crippen molar-refractivity contribution in [3.05, 3.63) is 35.9 Å². The van der Waals surface area contributed by atoms with Crippen molar-refractivity contribution in [3.63, 3.8) is 0 Å². The van der Waals surface area contributed by atoms with E-state index in [1.165, 1.54) is 19.3 Å². The highest BCUT2D eigenvalue weighted by Crippen LogP contribution is 2.05. The van der Waals surface area contributed by atoms with Crippen LogP contribution in [0.25, 0.3) is 0 Å². The van der Waals surface area contributed by atoms with Gasteiger partial charge in [0.1, 0.15) is 6.61 Å². The van der Waals surface area contributed by atoms with E-state index in [0.29, 0.717) is 65.9 Å². The molecule has 0 radical (unpaired) electrons. The van der Waals surface area contributed by atoms with Crippen LogP contribution in [-0.4, -0.2) is 58.8 Å². The van der Waals surface area contributed by atoms with Crippen LogP contribution >= 0.6 is 0 Å². The Morgan fingerprint density at radius 2 is 1.24 bits per heavy atom. The maximum Gasteiger partial charge on any atom is 0.305 e. The molecule has 0 heterocycles. The van der Waals surface area contributed by atoms with Crippen molar-refractivity contribution in [3.8, 4) is 0 Å². The van der Waals surface area contributed by atoms with Crippen LogP contribution < -0.4 is 0 Å². The average Bonchev–Trinajstić information content (AvgIpc) is 2.74. The third-order valence-corrected chi connectivity index (χ3v) is 4.20. The summed E-state index contributed by atoms with van der Waals surface area (Å²) in [6.45, 7) is 6.64. The minimum absolute atomic E-state index is 0.133. The molecule has 0 saturated heterocycles. The Morgan fingerprint density at radius 1 is 0.690 bits per heavy atom. The van der Waals surface area contributed by atoms with E-state index < -0.39 is 0 Å². The Hall–Kier alpha value is -1.47. The minimum atomic E-state index is -0.133. The van der Waals surface area contributed by atoms with Crippen molar-refractivity contribution in [2.75, 3.05) is 52.9 Å². The molecule has 0 N–H and O–H groups in total. The van der Waals surface area contributed by atoms with E-state index in [9.17, 15) is 4.79 Å². The molecule has 0 fully saturated rings. The van der Waals surface area contributed by atoms with Crippen LogP contribution in [0.1, 0.15) is 51.0 Å². The summed E-state index contributed by atoms with van der Waals surface area (Å²) in [4.78, 5) is 11.5. The smallest absolute Gasteiger partial charge is 0.305 e. The first-order chi connectivity index (χ1) is 14.3. The van der Waals surface area contributed by atoms with Gasteiger partial charge in [-0.25, -0.2) is 0 Å². The van der Waals surface area contributed by atoms with Gasteiger partial charge in [0.15, 0.2) is 0 Å². The van der Waals surface area contributed by atoms with Gasteiger partial charge in [-0.15, -0.1) is 0 Å². The maximum absolute atomic E-state index is 11.5. The quantitative estimate of drug-likeness (QED) is 0.238. The van der Waals surface area contributed by atoms with E-state index in [0.717, 1.165) is 18.4 Å². The first-order valence-electron chi connectivity index (χ1n) is 10.8. The fraction of sp³-hybridized carbons (Fsp3) is 0.696. The first kappa shape index (κ1) is 25.6. The first-order valence-corrected chi connectivity index (χ1v) is 10.8. The molecule has 0 aliphatic carbocycles. The van der Waals surface area contributed by atoms with Gasteiger partial charge in [-0.2, -0.15) is 0 Å². The highest BCUT2D eigenvalue weighted by molar-refractivity contribution is 5.69. The summed E-state index contributed by atoms with van der Waals surface area (Å²) in [6, 6.07) is 10.1. The fourth-order valence-corrected chi connectivity index (χ4v) is 2.58. The number of esters is 1. The van der Waals surface area contributed by atoms with E-state index in [-0.39, 0.29) is 5.97 Å². The maximum atomic E-state index is 11.5. The zero-order valence-electron chi connectivity index (χ0n) is 17.9. The molecular weight excluding hydrogens is 372 g/mol. The van der Waals surface area contributed by atoms with Gasteiger partial charge >= 0.3 is 5.97 Å². The number of ether oxygens (including phenoxy) is 5. The number of carbonyl (C=O) groups excluding carboxylic acids is 1. The van der Waals surface area contributed by atoms with Gasteiger partial charge in [0, 0.05) is 6.42 Å². The van der Waals surface area contributed by atoms with Gasteiger partial charge in [0.05, 0.1) is 52.9 Å². The number of hydrogen-bond acceptors (Lipinski definition) is 6. The Balaban J connectivity index is 1.73. The van der Waals surface area contributed by atoms with Crippen LogP contribution in [0.5, 0.6) is 0 Å². The SMILES string of the molecule is CCCCCCCC(=O)OCCOCCOCCOCCOCc1ccccc1. The third-order valence-electron chi connectivity index (χ3n) is 4.20. The van der Waals surface area contributed by atoms with Crippen molar-refractivity contribution in [1.29, 1.82) is 0 Å². The van der Waals surface area contributed by atoms with E-state index in [1.807, 2.05) is 30.3 Å². The number of unbranched alkanes of at least 4 members (excludes halogenated alkanes) is 4. The van der Waals surface area contributed by atoms with Gasteiger partial charge in [-0.3, -0.25) is 4.79 Å². The molecule has 0 atom stereocenters. The second-order valence-electron chi connectivity index (χ2n) is 6.76. The Morgan fingerprint density at radius 3 is 1.86 bits per heavy atom. The van der Waals surface area contributed by atoms with E-state index in [1.54, 1.807) is 0 Å². The van der Waals surface area contributed by atoms with E-state index in [2.05, 4.69) is 6.92 Å². The van der Waals surface area contributed by atoms with Crippen LogP contribution in [-0.2, 0) is 35.1 Å². The lowest BCUT2D eigenvalue weighted by molar-refractivity contribution is -0.145. The summed E-state index contributed by atoms with van der Waals surface area (Å²) in [5.74, 6) is -0.133. The molecule has 166 valence electrons. The van der Waals surface area contributed by atoms with Crippen molar-refractivity contribution in [2.24, 2.45) is 0 Å². The molecule has 0 unspecified atom stereocenters. The summed E-state index contributed by atoms with van der Waals surface area (Å²) in [5.41, 5.74) is 1.16. The molecular formula is C23H38O6. The molecule has 6 heteroatoms. The lowest BCUT2D eigenvalue weighted by atomic mass is 10.1. The molecule has 1 aromatic rings. The molecule has 1 rings (SSSR count). The van der Waals surface area contributed by atoms with Crippen molar-refractivity contribution >= 4 is 5.97 Å². The zero-order valence-corrected chi connectivity index (χ0v) is 17.9. The van der Waals surface area contributed by atoms with Gasteiger partial charge in [-0.1, -0.05) is 62.9 Å².